The van der Waals surface area contributed by atoms with Crippen LogP contribution in [0.1, 0.15) is 18.0 Å². The minimum atomic E-state index is -4.86. The third-order valence-electron chi connectivity index (χ3n) is 5.60. The quantitative estimate of drug-likeness (QED) is 0.591. The molecule has 12 heteroatoms. The van der Waals surface area contributed by atoms with E-state index >= 15 is 0 Å². The number of nitrogens with one attached hydrogen (secondary N) is 2. The first-order valence-corrected chi connectivity index (χ1v) is 12.0. The number of ether oxygens (including phenoxy) is 1. The number of fused-ring (bicyclic) bond motifs is 2. The lowest BCUT2D eigenvalue weighted by Crippen LogP contribution is -2.47. The normalized spacial score (nSPS) is 22.3. The van der Waals surface area contributed by atoms with E-state index in [4.69, 9.17) is 23.2 Å². The molecule has 174 valence electrons. The zero-order valence-corrected chi connectivity index (χ0v) is 18.9. The van der Waals surface area contributed by atoms with Crippen LogP contribution < -0.4 is 14.8 Å². The second-order valence-electron chi connectivity index (χ2n) is 7.82. The maximum absolute atomic E-state index is 13.0. The minimum Gasteiger partial charge on any atom is -0.406 e. The number of halogens is 5. The van der Waals surface area contributed by atoms with Gasteiger partial charge < -0.3 is 10.1 Å². The SMILES string of the molecule is O=S(=O)(NC(CN1CC2CC1CN2)c1ccc(Cl)c(Cl)c1)c1ccc(OC(F)(F)F)cc1. The van der Waals surface area contributed by atoms with E-state index in [1.807, 2.05) is 0 Å². The van der Waals surface area contributed by atoms with E-state index in [2.05, 4.69) is 19.7 Å². The monoisotopic (exact) mass is 509 g/mol. The van der Waals surface area contributed by atoms with E-state index in [9.17, 15) is 21.6 Å². The molecule has 2 aromatic rings. The van der Waals surface area contributed by atoms with Crippen LogP contribution in [0.15, 0.2) is 47.4 Å². The van der Waals surface area contributed by atoms with Crippen LogP contribution >= 0.6 is 23.2 Å². The van der Waals surface area contributed by atoms with E-state index in [1.165, 1.54) is 0 Å². The number of piperazine rings is 1. The Bertz CT molecular complexity index is 1080. The molecular weight excluding hydrogens is 490 g/mol. The van der Waals surface area contributed by atoms with E-state index < -0.39 is 28.2 Å². The van der Waals surface area contributed by atoms with Gasteiger partial charge in [-0.2, -0.15) is 0 Å². The molecule has 2 aliphatic heterocycles. The number of hydrogen-bond donors (Lipinski definition) is 2. The molecule has 2 aliphatic rings. The predicted molar refractivity (Wildman–Crippen MR) is 114 cm³/mol. The average molecular weight is 510 g/mol. The van der Waals surface area contributed by atoms with Gasteiger partial charge in [0.05, 0.1) is 21.0 Å². The Morgan fingerprint density at radius 2 is 1.88 bits per heavy atom. The Labute approximate surface area is 193 Å². The van der Waals surface area contributed by atoms with Gasteiger partial charge in [0.2, 0.25) is 10.0 Å². The van der Waals surface area contributed by atoms with Crippen molar-refractivity contribution in [3.8, 4) is 5.75 Å². The Hall–Kier alpha value is -1.56. The van der Waals surface area contributed by atoms with Crippen molar-refractivity contribution in [3.05, 3.63) is 58.1 Å². The highest BCUT2D eigenvalue weighted by atomic mass is 35.5. The van der Waals surface area contributed by atoms with Gasteiger partial charge >= 0.3 is 6.36 Å². The number of sulfonamides is 1. The fourth-order valence-corrected chi connectivity index (χ4v) is 5.64. The second-order valence-corrected chi connectivity index (χ2v) is 10.3. The molecular formula is C20H20Cl2F3N3O3S. The van der Waals surface area contributed by atoms with Crippen molar-refractivity contribution in [2.24, 2.45) is 0 Å². The molecule has 0 aromatic heterocycles. The van der Waals surface area contributed by atoms with Crippen LogP contribution in [0.25, 0.3) is 0 Å². The van der Waals surface area contributed by atoms with Gasteiger partial charge in [-0.15, -0.1) is 13.2 Å². The molecule has 0 aliphatic carbocycles. The largest absolute Gasteiger partial charge is 0.573 e. The molecule has 2 aromatic carbocycles. The molecule has 6 nitrogen and oxygen atoms in total. The van der Waals surface area contributed by atoms with E-state index in [0.717, 1.165) is 43.8 Å². The van der Waals surface area contributed by atoms with Crippen molar-refractivity contribution < 1.29 is 26.3 Å². The first-order valence-electron chi connectivity index (χ1n) is 9.81. The number of likely N-dealkylation sites (tertiary alicyclic amines) is 1. The highest BCUT2D eigenvalue weighted by Gasteiger charge is 2.39. The molecule has 2 saturated heterocycles. The molecule has 0 radical (unpaired) electrons. The Morgan fingerprint density at radius 3 is 2.44 bits per heavy atom. The molecule has 0 saturated carbocycles. The van der Waals surface area contributed by atoms with Crippen LogP contribution in [-0.2, 0) is 10.0 Å². The molecule has 3 unspecified atom stereocenters. The van der Waals surface area contributed by atoms with Gasteiger partial charge in [0.25, 0.3) is 0 Å². The maximum Gasteiger partial charge on any atom is 0.573 e. The third kappa shape index (κ3) is 5.49. The van der Waals surface area contributed by atoms with Crippen molar-refractivity contribution >= 4 is 33.2 Å². The fourth-order valence-electron chi connectivity index (χ4n) is 4.12. The summed E-state index contributed by atoms with van der Waals surface area (Å²) >= 11 is 12.2. The number of nitrogens with zero attached hydrogens (tertiary/aromatic N) is 1. The first-order chi connectivity index (χ1) is 15.0. The van der Waals surface area contributed by atoms with Crippen LogP contribution in [-0.4, -0.2) is 51.4 Å². The summed E-state index contributed by atoms with van der Waals surface area (Å²) in [5.41, 5.74) is 0.635. The number of hydrogen-bond acceptors (Lipinski definition) is 5. The van der Waals surface area contributed by atoms with Crippen molar-refractivity contribution in [3.63, 3.8) is 0 Å². The highest BCUT2D eigenvalue weighted by molar-refractivity contribution is 7.89. The van der Waals surface area contributed by atoms with E-state index in [1.54, 1.807) is 18.2 Å². The van der Waals surface area contributed by atoms with Crippen molar-refractivity contribution in [1.29, 1.82) is 0 Å². The van der Waals surface area contributed by atoms with Crippen molar-refractivity contribution in [2.45, 2.75) is 35.8 Å². The fraction of sp³-hybridized carbons (Fsp3) is 0.400. The lowest BCUT2D eigenvalue weighted by Gasteiger charge is -2.31. The topological polar surface area (TPSA) is 70.7 Å². The first kappa shape index (κ1) is 23.6. The van der Waals surface area contributed by atoms with E-state index in [-0.39, 0.29) is 4.90 Å². The molecule has 0 spiro atoms. The van der Waals surface area contributed by atoms with Gasteiger partial charge in [-0.25, -0.2) is 13.1 Å². The summed E-state index contributed by atoms with van der Waals surface area (Å²) in [5, 5.41) is 4.05. The zero-order chi connectivity index (χ0) is 23.1. The minimum absolute atomic E-state index is 0.179. The van der Waals surface area contributed by atoms with Gasteiger partial charge in [0.1, 0.15) is 5.75 Å². The van der Waals surface area contributed by atoms with Crippen molar-refractivity contribution in [1.82, 2.24) is 14.9 Å². The number of alkyl halides is 3. The third-order valence-corrected chi connectivity index (χ3v) is 7.82. The van der Waals surface area contributed by atoms with Gasteiger partial charge in [0, 0.05) is 31.7 Å². The van der Waals surface area contributed by atoms with E-state index in [0.29, 0.717) is 34.2 Å². The summed E-state index contributed by atoms with van der Waals surface area (Å²) in [6.45, 7) is 2.05. The molecule has 2 bridgehead atoms. The molecule has 32 heavy (non-hydrogen) atoms. The lowest BCUT2D eigenvalue weighted by molar-refractivity contribution is -0.274. The van der Waals surface area contributed by atoms with Gasteiger partial charge in [0.15, 0.2) is 0 Å². The van der Waals surface area contributed by atoms with Crippen LogP contribution in [0.4, 0.5) is 13.2 Å². The maximum atomic E-state index is 13.0. The summed E-state index contributed by atoms with van der Waals surface area (Å²) in [7, 11) is -4.05. The second kappa shape index (κ2) is 9.00. The molecule has 2 N–H and O–H groups in total. The summed E-state index contributed by atoms with van der Waals surface area (Å²) in [5.74, 6) is -0.502. The molecule has 3 atom stereocenters. The van der Waals surface area contributed by atoms with Gasteiger partial charge in [-0.05, 0) is 48.4 Å². The summed E-state index contributed by atoms with van der Waals surface area (Å²) in [4.78, 5) is 2.04. The summed E-state index contributed by atoms with van der Waals surface area (Å²) in [6, 6.07) is 9.03. The van der Waals surface area contributed by atoms with Gasteiger partial charge in [-0.3, -0.25) is 4.90 Å². The molecule has 2 fully saturated rings. The standard InChI is InChI=1S/C20H20Cl2F3N3O3S/c21-17-6-1-12(7-18(17)22)19(11-28-10-13-8-14(28)9-26-13)27-32(29,30)16-4-2-15(3-5-16)31-20(23,24)25/h1-7,13-14,19,26-27H,8-11H2. The van der Waals surface area contributed by atoms with Crippen molar-refractivity contribution in [2.75, 3.05) is 19.6 Å². The highest BCUT2D eigenvalue weighted by Crippen LogP contribution is 2.31. The Kier molecular flexibility index (Phi) is 6.63. The summed E-state index contributed by atoms with van der Waals surface area (Å²) < 4.78 is 69.7. The smallest absolute Gasteiger partial charge is 0.406 e. The van der Waals surface area contributed by atoms with Crippen LogP contribution in [0.3, 0.4) is 0 Å². The van der Waals surface area contributed by atoms with Crippen LogP contribution in [0.2, 0.25) is 10.0 Å². The number of benzene rings is 2. The summed E-state index contributed by atoms with van der Waals surface area (Å²) in [6.07, 6.45) is -3.86. The lowest BCUT2D eigenvalue weighted by atomic mass is 10.1. The van der Waals surface area contributed by atoms with Gasteiger partial charge in [-0.1, -0.05) is 29.3 Å². The Balaban J connectivity index is 1.57. The molecule has 2 heterocycles. The van der Waals surface area contributed by atoms with Crippen LogP contribution in [0.5, 0.6) is 5.75 Å². The van der Waals surface area contributed by atoms with Crippen LogP contribution in [0, 0.1) is 0 Å². The molecule has 0 amide bonds. The Morgan fingerprint density at radius 1 is 1.16 bits per heavy atom. The predicted octanol–water partition coefficient (Wildman–Crippen LogP) is 3.96. The number of rotatable bonds is 7. The molecule has 4 rings (SSSR count). The average Bonchev–Trinajstić information content (AvgIpc) is 3.32. The zero-order valence-electron chi connectivity index (χ0n) is 16.6.